The molecule has 0 spiro atoms. The van der Waals surface area contributed by atoms with Gasteiger partial charge in [0.15, 0.2) is 0 Å². The van der Waals surface area contributed by atoms with Crippen molar-refractivity contribution in [3.8, 4) is 5.75 Å². The van der Waals surface area contributed by atoms with Crippen LogP contribution in [0.15, 0.2) is 80.5 Å². The number of aromatic amines is 1. The van der Waals surface area contributed by atoms with Gasteiger partial charge in [-0.3, -0.25) is 4.79 Å². The zero-order valence-electron chi connectivity index (χ0n) is 18.3. The number of hydrogen-bond acceptors (Lipinski definition) is 9. The Morgan fingerprint density at radius 1 is 1.09 bits per heavy atom. The van der Waals surface area contributed by atoms with Gasteiger partial charge >= 0.3 is 4.34 Å². The number of H-pyrrole nitrogens is 1. The summed E-state index contributed by atoms with van der Waals surface area (Å²) in [4.78, 5) is 22.7. The van der Waals surface area contributed by atoms with E-state index in [2.05, 4.69) is 51.1 Å². The Morgan fingerprint density at radius 2 is 1.89 bits per heavy atom. The molecule has 1 aromatic heterocycles. The number of carboxylic acid groups (broad SMARTS) is 1. The number of benzene rings is 3. The second kappa shape index (κ2) is 12.3. The number of amides is 1. The number of carbonyl (C=O) groups is 2. The molecule has 0 radical (unpaired) electrons. The van der Waals surface area contributed by atoms with E-state index in [1.807, 2.05) is 12.1 Å². The summed E-state index contributed by atoms with van der Waals surface area (Å²) in [5.74, 6) is -0.324. The van der Waals surface area contributed by atoms with Gasteiger partial charge in [0.2, 0.25) is 4.34 Å². The topological polar surface area (TPSA) is 118 Å². The van der Waals surface area contributed by atoms with Crippen LogP contribution in [-0.4, -0.2) is 35.5 Å². The molecule has 0 saturated carbocycles. The maximum Gasteiger partial charge on any atom is 0.323 e. The Kier molecular flexibility index (Phi) is 8.71. The smallest absolute Gasteiger partial charge is 0.323 e. The van der Waals surface area contributed by atoms with E-state index < -0.39 is 12.6 Å². The lowest BCUT2D eigenvalue weighted by Gasteiger charge is -2.08. The first-order valence-corrected chi connectivity index (χ1v) is 13.2. The van der Waals surface area contributed by atoms with Crippen molar-refractivity contribution >= 4 is 63.7 Å². The van der Waals surface area contributed by atoms with E-state index in [4.69, 9.17) is 4.74 Å². The number of aromatic nitrogens is 2. The molecular formula is C24H20N4O4S3. The molecule has 1 heterocycles. The van der Waals surface area contributed by atoms with Crippen molar-refractivity contribution in [2.24, 2.45) is 5.10 Å². The lowest BCUT2D eigenvalue weighted by molar-refractivity contribution is -0.492. The van der Waals surface area contributed by atoms with Crippen molar-refractivity contribution in [2.45, 2.75) is 14.4 Å². The Balaban J connectivity index is 1.25. The van der Waals surface area contributed by atoms with E-state index in [0.29, 0.717) is 11.3 Å². The summed E-state index contributed by atoms with van der Waals surface area (Å²) in [7, 11) is 0. The van der Waals surface area contributed by atoms with E-state index >= 15 is 0 Å². The van der Waals surface area contributed by atoms with Gasteiger partial charge in [0.05, 0.1) is 17.9 Å². The highest BCUT2D eigenvalue weighted by atomic mass is 32.2. The van der Waals surface area contributed by atoms with Gasteiger partial charge in [-0.25, -0.2) is 5.43 Å². The number of ether oxygens (including phenoxy) is 1. The maximum absolute atomic E-state index is 12.1. The maximum atomic E-state index is 12.1. The van der Waals surface area contributed by atoms with Crippen molar-refractivity contribution in [2.75, 3.05) is 12.4 Å². The number of hydrazone groups is 1. The minimum absolute atomic E-state index is 0.148. The lowest BCUT2D eigenvalue weighted by atomic mass is 10.1. The number of fused-ring (bicyclic) bond motifs is 1. The molecule has 2 N–H and O–H groups in total. The van der Waals surface area contributed by atoms with E-state index in [9.17, 15) is 14.7 Å². The van der Waals surface area contributed by atoms with Crippen LogP contribution in [0.25, 0.3) is 10.8 Å². The van der Waals surface area contributed by atoms with E-state index in [1.165, 1.54) is 45.6 Å². The number of carboxylic acids is 1. The SMILES string of the molecule is O=C([O-])COc1ccccc1C=NNC(=O)CSc1n[nH+]c(SCc2cccc3ccccc23)s1. The highest BCUT2D eigenvalue weighted by Gasteiger charge is 2.14. The predicted octanol–water partition coefficient (Wildman–Crippen LogP) is 2.77. The third-order valence-corrected chi connectivity index (χ3v) is 7.94. The quantitative estimate of drug-likeness (QED) is 0.182. The van der Waals surface area contributed by atoms with Gasteiger partial charge in [0.25, 0.3) is 5.91 Å². The molecule has 0 fully saturated rings. The summed E-state index contributed by atoms with van der Waals surface area (Å²) in [5, 5.41) is 24.3. The average Bonchev–Trinajstić information content (AvgIpc) is 3.33. The van der Waals surface area contributed by atoms with Crippen LogP contribution in [-0.2, 0) is 15.3 Å². The number of nitrogens with one attached hydrogen (secondary N) is 2. The Hall–Kier alpha value is -3.41. The molecule has 0 aliphatic heterocycles. The highest BCUT2D eigenvalue weighted by molar-refractivity contribution is 8.03. The van der Waals surface area contributed by atoms with E-state index in [1.54, 1.807) is 36.0 Å². The van der Waals surface area contributed by atoms with Crippen LogP contribution >= 0.6 is 34.9 Å². The summed E-state index contributed by atoms with van der Waals surface area (Å²) in [6.07, 6.45) is 1.40. The number of aliphatic carboxylic acids is 1. The molecule has 178 valence electrons. The molecule has 1 amide bonds. The van der Waals surface area contributed by atoms with Crippen LogP contribution in [0.4, 0.5) is 0 Å². The molecule has 4 aromatic rings. The first-order chi connectivity index (χ1) is 17.1. The van der Waals surface area contributed by atoms with Crippen LogP contribution in [0.3, 0.4) is 0 Å². The monoisotopic (exact) mass is 524 g/mol. The fourth-order valence-corrected chi connectivity index (χ4v) is 5.98. The second-order valence-electron chi connectivity index (χ2n) is 7.09. The molecule has 0 bridgehead atoms. The second-order valence-corrected chi connectivity index (χ2v) is 10.6. The summed E-state index contributed by atoms with van der Waals surface area (Å²) >= 11 is 4.49. The summed E-state index contributed by atoms with van der Waals surface area (Å²) in [6, 6.07) is 21.4. The Labute approximate surface area is 213 Å². The summed E-state index contributed by atoms with van der Waals surface area (Å²) in [6.45, 7) is -0.569. The minimum Gasteiger partial charge on any atom is -0.546 e. The molecule has 8 nitrogen and oxygen atoms in total. The van der Waals surface area contributed by atoms with Crippen LogP contribution < -0.4 is 20.4 Å². The van der Waals surface area contributed by atoms with Crippen LogP contribution in [0, 0.1) is 0 Å². The molecule has 0 saturated heterocycles. The molecule has 3 aromatic carbocycles. The van der Waals surface area contributed by atoms with E-state index in [-0.39, 0.29) is 11.7 Å². The zero-order chi connectivity index (χ0) is 24.5. The van der Waals surface area contributed by atoms with Crippen molar-refractivity contribution in [1.29, 1.82) is 0 Å². The standard InChI is InChI=1S/C24H20N4O4S3/c29-21(26-25-12-17-7-2-4-11-20(17)32-13-22(30)31)15-34-24-28-27-23(35-24)33-14-18-9-5-8-16-6-1-3-10-19(16)18/h1-12H,13-15H2,(H,26,29)(H,30,31). The first-order valence-electron chi connectivity index (χ1n) is 10.4. The largest absolute Gasteiger partial charge is 0.546 e. The number of nitrogens with zero attached hydrogens (tertiary/aromatic N) is 2. The Morgan fingerprint density at radius 3 is 2.77 bits per heavy atom. The zero-order valence-corrected chi connectivity index (χ0v) is 20.8. The number of carbonyl (C=O) groups excluding carboxylic acids is 2. The van der Waals surface area contributed by atoms with Crippen molar-refractivity contribution < 1.29 is 24.5 Å². The van der Waals surface area contributed by atoms with Crippen LogP contribution in [0.2, 0.25) is 0 Å². The third-order valence-electron chi connectivity index (χ3n) is 4.64. The van der Waals surface area contributed by atoms with Gasteiger partial charge in [-0.1, -0.05) is 71.5 Å². The van der Waals surface area contributed by atoms with Crippen molar-refractivity contribution in [3.05, 3.63) is 77.9 Å². The highest BCUT2D eigenvalue weighted by Crippen LogP contribution is 2.30. The molecular weight excluding hydrogens is 504 g/mol. The fraction of sp³-hybridized carbons (Fsp3) is 0.125. The molecule has 0 aliphatic rings. The van der Waals surface area contributed by atoms with Gasteiger partial charge < -0.3 is 14.6 Å². The molecule has 35 heavy (non-hydrogen) atoms. The van der Waals surface area contributed by atoms with Crippen LogP contribution in [0.5, 0.6) is 5.75 Å². The molecule has 0 unspecified atom stereocenters. The van der Waals surface area contributed by atoms with Gasteiger partial charge in [-0.2, -0.15) is 5.10 Å². The third kappa shape index (κ3) is 7.28. The molecule has 0 aliphatic carbocycles. The molecule has 0 atom stereocenters. The number of para-hydroxylation sites is 1. The summed E-state index contributed by atoms with van der Waals surface area (Å²) in [5.41, 5.74) is 4.24. The number of thioether (sulfide) groups is 2. The predicted molar refractivity (Wildman–Crippen MR) is 136 cm³/mol. The van der Waals surface area contributed by atoms with Gasteiger partial charge in [0, 0.05) is 16.4 Å². The van der Waals surface area contributed by atoms with Crippen molar-refractivity contribution in [3.63, 3.8) is 0 Å². The average molecular weight is 525 g/mol. The lowest BCUT2D eigenvalue weighted by Crippen LogP contribution is -2.29. The molecule has 4 rings (SSSR count). The first kappa shape index (κ1) is 24.7. The van der Waals surface area contributed by atoms with E-state index in [0.717, 1.165) is 14.4 Å². The number of rotatable bonds is 11. The van der Waals surface area contributed by atoms with Gasteiger partial charge in [0.1, 0.15) is 12.4 Å². The van der Waals surface area contributed by atoms with Crippen molar-refractivity contribution in [1.82, 2.24) is 10.5 Å². The van der Waals surface area contributed by atoms with Gasteiger partial charge in [-0.15, -0.1) is 0 Å². The summed E-state index contributed by atoms with van der Waals surface area (Å²) < 4.78 is 6.87. The molecule has 11 heteroatoms. The van der Waals surface area contributed by atoms with Crippen LogP contribution in [0.1, 0.15) is 11.1 Å². The normalized spacial score (nSPS) is 11.1. The van der Waals surface area contributed by atoms with Gasteiger partial charge in [-0.05, 0) is 51.6 Å². The number of hydrogen-bond donors (Lipinski definition) is 1. The Bertz CT molecular complexity index is 1350. The fourth-order valence-electron chi connectivity index (χ4n) is 3.09. The minimum atomic E-state index is -1.32.